The number of carbonyl (C=O) groups is 1. The number of carbonyl (C=O) groups excluding carboxylic acids is 1. The Kier molecular flexibility index (Phi) is 6.48. The van der Waals surface area contributed by atoms with E-state index in [0.29, 0.717) is 31.4 Å². The molecule has 0 fully saturated rings. The lowest BCUT2D eigenvalue weighted by Crippen LogP contribution is -2.22. The Morgan fingerprint density at radius 1 is 1.17 bits per heavy atom. The molecule has 0 radical (unpaired) electrons. The number of anilines is 1. The van der Waals surface area contributed by atoms with E-state index in [1.165, 1.54) is 18.9 Å². The molecular formula is C16H14Cl3NO2S. The minimum Gasteiger partial charge on any atom is -0.495 e. The predicted molar refractivity (Wildman–Crippen MR) is 98.4 cm³/mol. The Morgan fingerprint density at radius 3 is 2.43 bits per heavy atom. The van der Waals surface area contributed by atoms with Crippen molar-refractivity contribution in [1.29, 1.82) is 0 Å². The number of hydrogen-bond donors (Lipinski definition) is 1. The zero-order valence-corrected chi connectivity index (χ0v) is 15.5. The Balaban J connectivity index is 2.13. The average molecular weight is 391 g/mol. The van der Waals surface area contributed by atoms with Crippen molar-refractivity contribution in [2.75, 3.05) is 12.4 Å². The SMILES string of the molecule is COc1ccc(Cl)cc1NC(=O)[C@@H](C)Sc1c(Cl)cccc1Cl. The molecule has 2 aromatic rings. The number of nitrogens with one attached hydrogen (secondary N) is 1. The summed E-state index contributed by atoms with van der Waals surface area (Å²) in [5, 5.41) is 3.94. The Morgan fingerprint density at radius 2 is 1.83 bits per heavy atom. The second-order valence-electron chi connectivity index (χ2n) is 4.64. The van der Waals surface area contributed by atoms with Crippen LogP contribution in [0, 0.1) is 0 Å². The molecule has 0 aliphatic heterocycles. The van der Waals surface area contributed by atoms with Crippen LogP contribution in [0.25, 0.3) is 0 Å². The normalized spacial score (nSPS) is 11.9. The Hall–Kier alpha value is -1.07. The second kappa shape index (κ2) is 8.15. The van der Waals surface area contributed by atoms with E-state index in [1.54, 1.807) is 43.3 Å². The van der Waals surface area contributed by atoms with Gasteiger partial charge in [0.1, 0.15) is 5.75 Å². The fourth-order valence-electron chi connectivity index (χ4n) is 1.84. The number of benzene rings is 2. The van der Waals surface area contributed by atoms with Crippen molar-refractivity contribution in [1.82, 2.24) is 0 Å². The van der Waals surface area contributed by atoms with Gasteiger partial charge in [-0.3, -0.25) is 4.79 Å². The van der Waals surface area contributed by atoms with E-state index in [1.807, 2.05) is 0 Å². The molecule has 2 aromatic carbocycles. The van der Waals surface area contributed by atoms with Gasteiger partial charge in [-0.15, -0.1) is 11.8 Å². The smallest absolute Gasteiger partial charge is 0.237 e. The third-order valence-electron chi connectivity index (χ3n) is 3.00. The lowest BCUT2D eigenvalue weighted by atomic mass is 10.3. The molecule has 1 N–H and O–H groups in total. The fraction of sp³-hybridized carbons (Fsp3) is 0.188. The molecule has 0 aliphatic rings. The summed E-state index contributed by atoms with van der Waals surface area (Å²) in [6.07, 6.45) is 0. The third-order valence-corrected chi connectivity index (χ3v) is 5.33. The van der Waals surface area contributed by atoms with Gasteiger partial charge in [0.2, 0.25) is 5.91 Å². The van der Waals surface area contributed by atoms with Gasteiger partial charge < -0.3 is 10.1 Å². The average Bonchev–Trinajstić information content (AvgIpc) is 2.51. The van der Waals surface area contributed by atoms with Crippen LogP contribution in [-0.4, -0.2) is 18.3 Å². The molecule has 7 heteroatoms. The van der Waals surface area contributed by atoms with Crippen LogP contribution in [0.3, 0.4) is 0 Å². The number of rotatable bonds is 5. The first kappa shape index (κ1) is 18.3. The van der Waals surface area contributed by atoms with Crippen LogP contribution in [0.1, 0.15) is 6.92 Å². The quantitative estimate of drug-likeness (QED) is 0.658. The Labute approximate surface area is 154 Å². The summed E-state index contributed by atoms with van der Waals surface area (Å²) in [6, 6.07) is 10.3. The van der Waals surface area contributed by atoms with E-state index in [9.17, 15) is 4.79 Å². The van der Waals surface area contributed by atoms with Crippen molar-refractivity contribution < 1.29 is 9.53 Å². The highest BCUT2D eigenvalue weighted by molar-refractivity contribution is 8.00. The summed E-state index contributed by atoms with van der Waals surface area (Å²) in [7, 11) is 1.53. The van der Waals surface area contributed by atoms with E-state index < -0.39 is 5.25 Å². The highest BCUT2D eigenvalue weighted by Crippen LogP contribution is 2.37. The molecule has 122 valence electrons. The highest BCUT2D eigenvalue weighted by atomic mass is 35.5. The molecule has 3 nitrogen and oxygen atoms in total. The van der Waals surface area contributed by atoms with E-state index in [2.05, 4.69) is 5.32 Å². The standard InChI is InChI=1S/C16H14Cl3NO2S/c1-9(23-15-11(18)4-3-5-12(15)19)16(21)20-13-8-10(17)6-7-14(13)22-2/h3-9H,1-2H3,(H,20,21)/t9-/m1/s1. The van der Waals surface area contributed by atoms with Crippen LogP contribution < -0.4 is 10.1 Å². The second-order valence-corrected chi connectivity index (χ2v) is 7.25. The van der Waals surface area contributed by atoms with Crippen LogP contribution in [-0.2, 0) is 4.79 Å². The predicted octanol–water partition coefficient (Wildman–Crippen LogP) is 5.77. The van der Waals surface area contributed by atoms with Gasteiger partial charge in [0, 0.05) is 9.92 Å². The fourth-order valence-corrected chi connectivity index (χ4v) is 3.56. The van der Waals surface area contributed by atoms with Crippen LogP contribution in [0.15, 0.2) is 41.3 Å². The molecule has 2 rings (SSSR count). The van der Waals surface area contributed by atoms with Gasteiger partial charge in [0.25, 0.3) is 0 Å². The highest BCUT2D eigenvalue weighted by Gasteiger charge is 2.19. The molecule has 0 unspecified atom stereocenters. The third kappa shape index (κ3) is 4.70. The number of methoxy groups -OCH3 is 1. The van der Waals surface area contributed by atoms with E-state index in [4.69, 9.17) is 39.5 Å². The minimum atomic E-state index is -0.406. The molecule has 0 aromatic heterocycles. The van der Waals surface area contributed by atoms with E-state index >= 15 is 0 Å². The molecule has 0 spiro atoms. The monoisotopic (exact) mass is 389 g/mol. The number of thioether (sulfide) groups is 1. The number of amides is 1. The van der Waals surface area contributed by atoms with Crippen molar-refractivity contribution in [3.63, 3.8) is 0 Å². The zero-order valence-electron chi connectivity index (χ0n) is 12.4. The van der Waals surface area contributed by atoms with Crippen molar-refractivity contribution in [3.05, 3.63) is 51.5 Å². The molecule has 0 aliphatic carbocycles. The number of ether oxygens (including phenoxy) is 1. The maximum absolute atomic E-state index is 12.4. The topological polar surface area (TPSA) is 38.3 Å². The first-order valence-corrected chi connectivity index (χ1v) is 8.68. The van der Waals surface area contributed by atoms with Gasteiger partial charge >= 0.3 is 0 Å². The van der Waals surface area contributed by atoms with Gasteiger partial charge in [-0.1, -0.05) is 40.9 Å². The van der Waals surface area contributed by atoms with E-state index in [0.717, 1.165) is 0 Å². The number of hydrogen-bond acceptors (Lipinski definition) is 3. The molecule has 1 amide bonds. The first-order chi connectivity index (χ1) is 10.9. The maximum Gasteiger partial charge on any atom is 0.237 e. The first-order valence-electron chi connectivity index (χ1n) is 6.67. The molecule has 0 saturated carbocycles. The molecule has 0 bridgehead atoms. The molecular weight excluding hydrogens is 377 g/mol. The van der Waals surface area contributed by atoms with Gasteiger partial charge in [0.15, 0.2) is 0 Å². The molecule has 23 heavy (non-hydrogen) atoms. The summed E-state index contributed by atoms with van der Waals surface area (Å²) in [6.45, 7) is 1.77. The van der Waals surface area contributed by atoms with Crippen molar-refractivity contribution >= 4 is 58.2 Å². The van der Waals surface area contributed by atoms with Gasteiger partial charge in [-0.2, -0.15) is 0 Å². The van der Waals surface area contributed by atoms with Gasteiger partial charge in [-0.25, -0.2) is 0 Å². The van der Waals surface area contributed by atoms with Crippen molar-refractivity contribution in [3.8, 4) is 5.75 Å². The molecule has 0 heterocycles. The van der Waals surface area contributed by atoms with Gasteiger partial charge in [0.05, 0.1) is 28.1 Å². The zero-order chi connectivity index (χ0) is 17.0. The summed E-state index contributed by atoms with van der Waals surface area (Å²) in [5.41, 5.74) is 0.516. The lowest BCUT2D eigenvalue weighted by Gasteiger charge is -2.15. The van der Waals surface area contributed by atoms with Crippen molar-refractivity contribution in [2.45, 2.75) is 17.1 Å². The number of halogens is 3. The lowest BCUT2D eigenvalue weighted by molar-refractivity contribution is -0.115. The van der Waals surface area contributed by atoms with Gasteiger partial charge in [-0.05, 0) is 37.3 Å². The van der Waals surface area contributed by atoms with Crippen LogP contribution in [0.4, 0.5) is 5.69 Å². The minimum absolute atomic E-state index is 0.202. The van der Waals surface area contributed by atoms with Crippen LogP contribution >= 0.6 is 46.6 Å². The van der Waals surface area contributed by atoms with Crippen molar-refractivity contribution in [2.24, 2.45) is 0 Å². The maximum atomic E-state index is 12.4. The summed E-state index contributed by atoms with van der Waals surface area (Å²) in [4.78, 5) is 13.1. The van der Waals surface area contributed by atoms with E-state index in [-0.39, 0.29) is 5.91 Å². The van der Waals surface area contributed by atoms with Crippen LogP contribution in [0.2, 0.25) is 15.1 Å². The summed E-state index contributed by atoms with van der Waals surface area (Å²) < 4.78 is 5.22. The molecule has 0 saturated heterocycles. The largest absolute Gasteiger partial charge is 0.495 e. The summed E-state index contributed by atoms with van der Waals surface area (Å²) in [5.74, 6) is 0.335. The molecule has 1 atom stereocenters. The Bertz CT molecular complexity index is 704. The summed E-state index contributed by atoms with van der Waals surface area (Å²) >= 11 is 19.5. The van der Waals surface area contributed by atoms with Crippen LogP contribution in [0.5, 0.6) is 5.75 Å².